The Morgan fingerprint density at radius 3 is 2.88 bits per heavy atom. The van der Waals surface area contributed by atoms with E-state index < -0.39 is 0 Å². The number of carbonyl (C=O) groups is 1. The average molecular weight is 374 g/mol. The Morgan fingerprint density at radius 2 is 2.20 bits per heavy atom. The number of rotatable bonds is 6. The highest BCUT2D eigenvalue weighted by molar-refractivity contribution is 7.98. The first-order valence-corrected chi connectivity index (χ1v) is 9.79. The Labute approximate surface area is 154 Å². The van der Waals surface area contributed by atoms with E-state index in [1.165, 1.54) is 23.1 Å². The highest BCUT2D eigenvalue weighted by Gasteiger charge is 2.18. The summed E-state index contributed by atoms with van der Waals surface area (Å²) in [6.45, 7) is 5.59. The molecule has 0 saturated heterocycles. The lowest BCUT2D eigenvalue weighted by atomic mass is 10.2. The van der Waals surface area contributed by atoms with E-state index in [1.807, 2.05) is 43.5 Å². The van der Waals surface area contributed by atoms with Crippen LogP contribution in [0.1, 0.15) is 30.9 Å². The summed E-state index contributed by atoms with van der Waals surface area (Å²) >= 11 is 2.99. The molecule has 2 heterocycles. The number of thiazole rings is 1. The van der Waals surface area contributed by atoms with Gasteiger partial charge in [-0.1, -0.05) is 30.8 Å². The van der Waals surface area contributed by atoms with Gasteiger partial charge in [-0.15, -0.1) is 16.4 Å². The van der Waals surface area contributed by atoms with Gasteiger partial charge in [-0.25, -0.2) is 9.97 Å². The van der Waals surface area contributed by atoms with Gasteiger partial charge < -0.3 is 0 Å². The van der Waals surface area contributed by atoms with Crippen molar-refractivity contribution >= 4 is 39.8 Å². The first kappa shape index (κ1) is 17.6. The van der Waals surface area contributed by atoms with E-state index in [2.05, 4.69) is 20.2 Å². The normalized spacial score (nSPS) is 10.8. The van der Waals surface area contributed by atoms with Gasteiger partial charge in [0.2, 0.25) is 11.1 Å². The summed E-state index contributed by atoms with van der Waals surface area (Å²) in [6, 6.07) is 7.86. The third-order valence-corrected chi connectivity index (χ3v) is 5.26. The standard InChI is InChI=1S/C17H19N5OS2/c1-4-15-19-16(21-20-15)24-9-13-10-25-17(18-13)22(12(3)23)14-7-5-6-11(2)8-14/h5-8,10H,4,9H2,1-3H3,(H,19,20,21). The smallest absolute Gasteiger partial charge is 0.230 e. The minimum Gasteiger partial charge on any atom is -0.274 e. The predicted octanol–water partition coefficient (Wildman–Crippen LogP) is 4.11. The van der Waals surface area contributed by atoms with Gasteiger partial charge in [-0.3, -0.25) is 14.8 Å². The van der Waals surface area contributed by atoms with Gasteiger partial charge >= 0.3 is 0 Å². The highest BCUT2D eigenvalue weighted by Crippen LogP contribution is 2.31. The Balaban J connectivity index is 1.75. The van der Waals surface area contributed by atoms with Crippen molar-refractivity contribution in [1.82, 2.24) is 20.2 Å². The van der Waals surface area contributed by atoms with Crippen LogP contribution in [-0.4, -0.2) is 26.1 Å². The number of carbonyl (C=O) groups excluding carboxylic acids is 1. The van der Waals surface area contributed by atoms with E-state index >= 15 is 0 Å². The predicted molar refractivity (Wildman–Crippen MR) is 101 cm³/mol. The van der Waals surface area contributed by atoms with Crippen LogP contribution in [0.4, 0.5) is 10.8 Å². The second-order valence-electron chi connectivity index (χ2n) is 5.52. The molecule has 3 aromatic rings. The van der Waals surface area contributed by atoms with Gasteiger partial charge in [0.05, 0.1) is 11.4 Å². The van der Waals surface area contributed by atoms with Gasteiger partial charge in [-0.2, -0.15) is 0 Å². The minimum absolute atomic E-state index is 0.0549. The molecule has 0 radical (unpaired) electrons. The lowest BCUT2D eigenvalue weighted by Gasteiger charge is -2.18. The van der Waals surface area contributed by atoms with Gasteiger partial charge in [0.15, 0.2) is 5.13 Å². The molecule has 0 saturated carbocycles. The van der Waals surface area contributed by atoms with E-state index in [9.17, 15) is 4.79 Å². The summed E-state index contributed by atoms with van der Waals surface area (Å²) in [5, 5.41) is 10.4. The Kier molecular flexibility index (Phi) is 5.50. The molecule has 0 aliphatic carbocycles. The van der Waals surface area contributed by atoms with Gasteiger partial charge in [0.1, 0.15) is 5.82 Å². The van der Waals surface area contributed by atoms with Crippen LogP contribution >= 0.6 is 23.1 Å². The Hall–Kier alpha value is -2.19. The maximum Gasteiger partial charge on any atom is 0.230 e. The van der Waals surface area contributed by atoms with Crippen molar-refractivity contribution in [2.75, 3.05) is 4.90 Å². The second-order valence-corrected chi connectivity index (χ2v) is 7.30. The van der Waals surface area contributed by atoms with Crippen LogP contribution < -0.4 is 4.90 Å². The van der Waals surface area contributed by atoms with Crippen molar-refractivity contribution in [3.63, 3.8) is 0 Å². The summed E-state index contributed by atoms with van der Waals surface area (Å²) in [5.74, 6) is 1.49. The number of nitrogens with one attached hydrogen (secondary N) is 1. The lowest BCUT2D eigenvalue weighted by Crippen LogP contribution is -2.22. The molecule has 1 N–H and O–H groups in total. The van der Waals surface area contributed by atoms with E-state index in [0.29, 0.717) is 16.0 Å². The topological polar surface area (TPSA) is 74.8 Å². The molecule has 1 amide bonds. The van der Waals surface area contributed by atoms with Gasteiger partial charge in [-0.05, 0) is 24.6 Å². The summed E-state index contributed by atoms with van der Waals surface area (Å²) < 4.78 is 0. The summed E-state index contributed by atoms with van der Waals surface area (Å²) in [5.41, 5.74) is 2.85. The molecule has 6 nitrogen and oxygen atoms in total. The van der Waals surface area contributed by atoms with Crippen molar-refractivity contribution in [2.45, 2.75) is 38.1 Å². The largest absolute Gasteiger partial charge is 0.274 e. The van der Waals surface area contributed by atoms with E-state index in [-0.39, 0.29) is 5.91 Å². The van der Waals surface area contributed by atoms with E-state index in [4.69, 9.17) is 0 Å². The van der Waals surface area contributed by atoms with Crippen molar-refractivity contribution in [3.05, 3.63) is 46.7 Å². The molecule has 130 valence electrons. The van der Waals surface area contributed by atoms with Crippen molar-refractivity contribution in [3.8, 4) is 0 Å². The van der Waals surface area contributed by atoms with Crippen LogP contribution in [0.3, 0.4) is 0 Å². The molecule has 0 unspecified atom stereocenters. The average Bonchev–Trinajstić information content (AvgIpc) is 3.22. The zero-order valence-corrected chi connectivity index (χ0v) is 15.9. The maximum absolute atomic E-state index is 12.1. The fourth-order valence-electron chi connectivity index (χ4n) is 2.30. The van der Waals surface area contributed by atoms with E-state index in [1.54, 1.807) is 11.8 Å². The van der Waals surface area contributed by atoms with Crippen LogP contribution in [-0.2, 0) is 17.0 Å². The molecular formula is C17H19N5OS2. The number of aromatic nitrogens is 4. The van der Waals surface area contributed by atoms with Crippen LogP contribution in [0, 0.1) is 6.92 Å². The van der Waals surface area contributed by atoms with Crippen molar-refractivity contribution < 1.29 is 4.79 Å². The fraction of sp³-hybridized carbons (Fsp3) is 0.294. The molecule has 0 atom stereocenters. The third-order valence-electron chi connectivity index (χ3n) is 3.50. The van der Waals surface area contributed by atoms with Crippen LogP contribution in [0.5, 0.6) is 0 Å². The number of hydrogen-bond acceptors (Lipinski definition) is 6. The van der Waals surface area contributed by atoms with Gasteiger partial charge in [0.25, 0.3) is 0 Å². The Bertz CT molecular complexity index is 873. The molecule has 25 heavy (non-hydrogen) atoms. The number of hydrogen-bond donors (Lipinski definition) is 1. The summed E-state index contributed by atoms with van der Waals surface area (Å²) in [6.07, 6.45) is 0.832. The second kappa shape index (κ2) is 7.79. The quantitative estimate of drug-likeness (QED) is 0.658. The number of H-pyrrole nitrogens is 1. The molecule has 0 fully saturated rings. The van der Waals surface area contributed by atoms with Crippen LogP contribution in [0.25, 0.3) is 0 Å². The van der Waals surface area contributed by atoms with Crippen molar-refractivity contribution in [1.29, 1.82) is 0 Å². The third kappa shape index (κ3) is 4.26. The van der Waals surface area contributed by atoms with Crippen LogP contribution in [0.2, 0.25) is 0 Å². The number of aryl methyl sites for hydroxylation is 2. The number of amides is 1. The lowest BCUT2D eigenvalue weighted by molar-refractivity contribution is -0.115. The molecule has 0 aliphatic rings. The zero-order valence-electron chi connectivity index (χ0n) is 14.3. The highest BCUT2D eigenvalue weighted by atomic mass is 32.2. The number of benzene rings is 1. The molecule has 0 spiro atoms. The molecular weight excluding hydrogens is 354 g/mol. The SMILES string of the molecule is CCc1nc(SCc2csc(N(C(C)=O)c3cccc(C)c3)n2)n[nH]1. The number of aromatic amines is 1. The van der Waals surface area contributed by atoms with Gasteiger partial charge in [0, 0.05) is 24.5 Å². The first-order valence-electron chi connectivity index (χ1n) is 7.92. The number of thioether (sulfide) groups is 1. The summed E-state index contributed by atoms with van der Waals surface area (Å²) in [4.78, 5) is 22.8. The van der Waals surface area contributed by atoms with Crippen LogP contribution in [0.15, 0.2) is 34.8 Å². The monoisotopic (exact) mass is 373 g/mol. The minimum atomic E-state index is -0.0549. The molecule has 3 rings (SSSR count). The van der Waals surface area contributed by atoms with E-state index in [0.717, 1.165) is 29.2 Å². The first-order chi connectivity index (χ1) is 12.1. The molecule has 0 aliphatic heterocycles. The number of nitrogens with zero attached hydrogens (tertiary/aromatic N) is 4. The molecule has 0 bridgehead atoms. The Morgan fingerprint density at radius 1 is 1.36 bits per heavy atom. The fourth-order valence-corrected chi connectivity index (χ4v) is 4.00. The zero-order chi connectivity index (χ0) is 17.8. The molecule has 8 heteroatoms. The summed E-state index contributed by atoms with van der Waals surface area (Å²) in [7, 11) is 0. The molecule has 1 aromatic carbocycles. The maximum atomic E-state index is 12.1. The van der Waals surface area contributed by atoms with Crippen molar-refractivity contribution in [2.24, 2.45) is 0 Å². The number of anilines is 2. The molecule has 2 aromatic heterocycles.